The van der Waals surface area contributed by atoms with Gasteiger partial charge in [-0.2, -0.15) is 0 Å². The molecule has 0 saturated carbocycles. The Morgan fingerprint density at radius 1 is 1.14 bits per heavy atom. The second-order valence-corrected chi connectivity index (χ2v) is 7.60. The molecule has 2 fully saturated rings. The molecule has 2 aliphatic rings. The largest absolute Gasteiger partial charge is 0.493 e. The Morgan fingerprint density at radius 3 is 2.59 bits per heavy atom. The third-order valence-corrected chi connectivity index (χ3v) is 5.56. The monoisotopic (exact) mass is 420 g/mol. The van der Waals surface area contributed by atoms with E-state index >= 15 is 0 Å². The molecule has 0 bridgehead atoms. The molecule has 0 radical (unpaired) electrons. The molecule has 0 spiro atoms. The SMILES string of the molecule is COCCOc1ccc(/C=C2\SC(=O)N(CC(=O)N3CCCC3)C2=O)cc1OC. The number of benzene rings is 1. The van der Waals surface area contributed by atoms with Gasteiger partial charge >= 0.3 is 0 Å². The number of hydrogen-bond acceptors (Lipinski definition) is 7. The van der Waals surface area contributed by atoms with E-state index in [-0.39, 0.29) is 17.4 Å². The summed E-state index contributed by atoms with van der Waals surface area (Å²) in [6.45, 7) is 1.99. The van der Waals surface area contributed by atoms with Gasteiger partial charge in [-0.15, -0.1) is 0 Å². The number of methoxy groups -OCH3 is 2. The first kappa shape index (κ1) is 21.2. The van der Waals surface area contributed by atoms with Crippen molar-refractivity contribution in [1.29, 1.82) is 0 Å². The number of carbonyl (C=O) groups is 3. The van der Waals surface area contributed by atoms with Gasteiger partial charge in [0, 0.05) is 20.2 Å². The lowest BCUT2D eigenvalue weighted by Gasteiger charge is -2.18. The van der Waals surface area contributed by atoms with Gasteiger partial charge in [0.1, 0.15) is 13.2 Å². The first-order valence-electron chi connectivity index (χ1n) is 9.36. The van der Waals surface area contributed by atoms with Crippen LogP contribution in [-0.2, 0) is 14.3 Å². The van der Waals surface area contributed by atoms with E-state index in [1.165, 1.54) is 7.11 Å². The maximum Gasteiger partial charge on any atom is 0.294 e. The van der Waals surface area contributed by atoms with E-state index in [2.05, 4.69) is 0 Å². The van der Waals surface area contributed by atoms with Crippen LogP contribution >= 0.6 is 11.8 Å². The number of ether oxygens (including phenoxy) is 3. The molecule has 3 amide bonds. The van der Waals surface area contributed by atoms with Gasteiger partial charge in [0.25, 0.3) is 11.1 Å². The Bertz CT molecular complexity index is 819. The standard InChI is InChI=1S/C20H24N2O6S/c1-26-9-10-28-15-6-5-14(11-16(15)27-2)12-17-19(24)22(20(25)29-17)13-18(23)21-7-3-4-8-21/h5-6,11-12H,3-4,7-10,13H2,1-2H3/b17-12-. The van der Waals surface area contributed by atoms with Gasteiger partial charge in [-0.25, -0.2) is 0 Å². The summed E-state index contributed by atoms with van der Waals surface area (Å²) in [6.07, 6.45) is 3.54. The van der Waals surface area contributed by atoms with Crippen LogP contribution in [0.2, 0.25) is 0 Å². The van der Waals surface area contributed by atoms with Crippen LogP contribution in [0.25, 0.3) is 6.08 Å². The highest BCUT2D eigenvalue weighted by Crippen LogP contribution is 2.34. The highest BCUT2D eigenvalue weighted by Gasteiger charge is 2.37. The number of likely N-dealkylation sites (tertiary alicyclic amines) is 1. The Balaban J connectivity index is 1.70. The fourth-order valence-corrected chi connectivity index (χ4v) is 3.96. The molecule has 0 N–H and O–H groups in total. The average Bonchev–Trinajstić information content (AvgIpc) is 3.34. The predicted molar refractivity (Wildman–Crippen MR) is 109 cm³/mol. The lowest BCUT2D eigenvalue weighted by atomic mass is 10.2. The summed E-state index contributed by atoms with van der Waals surface area (Å²) in [5.41, 5.74) is 0.692. The van der Waals surface area contributed by atoms with E-state index in [1.54, 1.807) is 36.3 Å². The lowest BCUT2D eigenvalue weighted by molar-refractivity contribution is -0.135. The topological polar surface area (TPSA) is 85.4 Å². The third kappa shape index (κ3) is 5.10. The molecular weight excluding hydrogens is 396 g/mol. The summed E-state index contributed by atoms with van der Waals surface area (Å²) in [7, 11) is 3.12. The summed E-state index contributed by atoms with van der Waals surface area (Å²) >= 11 is 0.835. The molecule has 0 aliphatic carbocycles. The quantitative estimate of drug-likeness (QED) is 0.471. The fourth-order valence-electron chi connectivity index (χ4n) is 3.12. The van der Waals surface area contributed by atoms with Crippen molar-refractivity contribution in [3.63, 3.8) is 0 Å². The van der Waals surface area contributed by atoms with Crippen LogP contribution in [0.1, 0.15) is 18.4 Å². The summed E-state index contributed by atoms with van der Waals surface area (Å²) in [5, 5.41) is -0.430. The van der Waals surface area contributed by atoms with Crippen LogP contribution in [0.15, 0.2) is 23.1 Å². The molecule has 0 aromatic heterocycles. The van der Waals surface area contributed by atoms with Crippen molar-refractivity contribution in [1.82, 2.24) is 9.80 Å². The summed E-state index contributed by atoms with van der Waals surface area (Å²) in [4.78, 5) is 40.2. The van der Waals surface area contributed by atoms with Crippen molar-refractivity contribution < 1.29 is 28.6 Å². The van der Waals surface area contributed by atoms with Crippen molar-refractivity contribution in [3.8, 4) is 11.5 Å². The normalized spacial score (nSPS) is 18.1. The van der Waals surface area contributed by atoms with E-state index in [4.69, 9.17) is 14.2 Å². The molecule has 1 aromatic carbocycles. The third-order valence-electron chi connectivity index (χ3n) is 4.66. The zero-order valence-electron chi connectivity index (χ0n) is 16.5. The van der Waals surface area contributed by atoms with Crippen LogP contribution < -0.4 is 9.47 Å². The number of imide groups is 1. The summed E-state index contributed by atoms with van der Waals surface area (Å²) in [6, 6.07) is 5.24. The second kappa shape index (κ2) is 9.80. The minimum absolute atomic E-state index is 0.190. The lowest BCUT2D eigenvalue weighted by Crippen LogP contribution is -2.40. The van der Waals surface area contributed by atoms with Crippen LogP contribution in [0.3, 0.4) is 0 Å². The number of hydrogen-bond donors (Lipinski definition) is 0. The van der Waals surface area contributed by atoms with Gasteiger partial charge in [-0.1, -0.05) is 6.07 Å². The van der Waals surface area contributed by atoms with E-state index in [0.717, 1.165) is 29.5 Å². The molecule has 9 heteroatoms. The highest BCUT2D eigenvalue weighted by molar-refractivity contribution is 8.18. The maximum absolute atomic E-state index is 12.6. The number of carbonyl (C=O) groups excluding carboxylic acids is 3. The number of thioether (sulfide) groups is 1. The van der Waals surface area contributed by atoms with Gasteiger partial charge in [0.15, 0.2) is 11.5 Å². The Morgan fingerprint density at radius 2 is 1.90 bits per heavy atom. The molecule has 2 heterocycles. The zero-order valence-corrected chi connectivity index (χ0v) is 17.3. The van der Waals surface area contributed by atoms with Crippen molar-refractivity contribution in [2.75, 3.05) is 47.1 Å². The van der Waals surface area contributed by atoms with Gasteiger partial charge in [-0.05, 0) is 48.4 Å². The number of nitrogens with zero attached hydrogens (tertiary/aromatic N) is 2. The van der Waals surface area contributed by atoms with Crippen molar-refractivity contribution in [3.05, 3.63) is 28.7 Å². The zero-order chi connectivity index (χ0) is 20.8. The minimum atomic E-state index is -0.452. The molecule has 8 nitrogen and oxygen atoms in total. The van der Waals surface area contributed by atoms with Crippen LogP contribution in [0.4, 0.5) is 4.79 Å². The molecule has 0 atom stereocenters. The van der Waals surface area contributed by atoms with Gasteiger partial charge in [-0.3, -0.25) is 19.3 Å². The van der Waals surface area contributed by atoms with Crippen LogP contribution in [0.5, 0.6) is 11.5 Å². The second-order valence-electron chi connectivity index (χ2n) is 6.61. The minimum Gasteiger partial charge on any atom is -0.493 e. The molecule has 1 aromatic rings. The Kier molecular flexibility index (Phi) is 7.16. The predicted octanol–water partition coefficient (Wildman–Crippen LogP) is 2.38. The molecule has 29 heavy (non-hydrogen) atoms. The molecule has 2 aliphatic heterocycles. The summed E-state index contributed by atoms with van der Waals surface area (Å²) in [5.74, 6) is 0.432. The van der Waals surface area contributed by atoms with Gasteiger partial charge in [0.05, 0.1) is 18.6 Å². The smallest absolute Gasteiger partial charge is 0.294 e. The van der Waals surface area contributed by atoms with Gasteiger partial charge < -0.3 is 19.1 Å². The highest BCUT2D eigenvalue weighted by atomic mass is 32.2. The maximum atomic E-state index is 12.6. The van der Waals surface area contributed by atoms with Crippen molar-refractivity contribution in [2.45, 2.75) is 12.8 Å². The number of amides is 3. The first-order chi connectivity index (χ1) is 14.0. The molecule has 2 saturated heterocycles. The molecular formula is C20H24N2O6S. The fraction of sp³-hybridized carbons (Fsp3) is 0.450. The first-order valence-corrected chi connectivity index (χ1v) is 10.2. The van der Waals surface area contributed by atoms with E-state index in [1.807, 2.05) is 0 Å². The summed E-state index contributed by atoms with van der Waals surface area (Å²) < 4.78 is 15.9. The van der Waals surface area contributed by atoms with Crippen LogP contribution in [0, 0.1) is 0 Å². The average molecular weight is 420 g/mol. The van der Waals surface area contributed by atoms with E-state index < -0.39 is 11.1 Å². The van der Waals surface area contributed by atoms with Crippen molar-refractivity contribution in [2.24, 2.45) is 0 Å². The van der Waals surface area contributed by atoms with E-state index in [0.29, 0.717) is 43.4 Å². The Hall–Kier alpha value is -2.52. The Labute approximate surface area is 173 Å². The molecule has 156 valence electrons. The molecule has 3 rings (SSSR count). The van der Waals surface area contributed by atoms with Gasteiger partial charge in [0.2, 0.25) is 5.91 Å². The molecule has 0 unspecified atom stereocenters. The number of rotatable bonds is 8. The van der Waals surface area contributed by atoms with Crippen LogP contribution in [-0.4, -0.2) is 73.9 Å². The van der Waals surface area contributed by atoms with Crippen molar-refractivity contribution >= 4 is 34.9 Å². The van der Waals surface area contributed by atoms with E-state index in [9.17, 15) is 14.4 Å².